The SMILES string of the molecule is CCc1c[nH]c(=O)c2c1[nH]c1ccc3cc(OCCCN(C)C)ccc3c12. The number of aryl methyl sites for hydroxylation is 1. The first-order valence-corrected chi connectivity index (χ1v) is 9.44. The van der Waals surface area contributed by atoms with Crippen LogP contribution in [0.5, 0.6) is 5.75 Å². The summed E-state index contributed by atoms with van der Waals surface area (Å²) in [4.78, 5) is 21.0. The van der Waals surface area contributed by atoms with Gasteiger partial charge in [-0.05, 0) is 67.5 Å². The van der Waals surface area contributed by atoms with E-state index in [0.29, 0.717) is 6.61 Å². The highest BCUT2D eigenvalue weighted by molar-refractivity contribution is 6.20. The van der Waals surface area contributed by atoms with E-state index in [1.54, 1.807) is 0 Å². The Bertz CT molecular complexity index is 1170. The van der Waals surface area contributed by atoms with Gasteiger partial charge in [0.1, 0.15) is 5.75 Å². The molecule has 0 saturated carbocycles. The van der Waals surface area contributed by atoms with Crippen molar-refractivity contribution in [3.8, 4) is 5.75 Å². The summed E-state index contributed by atoms with van der Waals surface area (Å²) in [6.45, 7) is 3.79. The van der Waals surface area contributed by atoms with Crippen LogP contribution in [0.1, 0.15) is 18.9 Å². The number of benzene rings is 2. The highest BCUT2D eigenvalue weighted by Crippen LogP contribution is 2.33. The summed E-state index contributed by atoms with van der Waals surface area (Å²) < 4.78 is 5.90. The number of ether oxygens (including phenoxy) is 1. The highest BCUT2D eigenvalue weighted by atomic mass is 16.5. The van der Waals surface area contributed by atoms with Crippen molar-refractivity contribution in [1.82, 2.24) is 14.9 Å². The van der Waals surface area contributed by atoms with Gasteiger partial charge in [0.25, 0.3) is 5.56 Å². The van der Waals surface area contributed by atoms with E-state index in [0.717, 1.165) is 63.3 Å². The number of hydrogen-bond donors (Lipinski definition) is 2. The first-order valence-electron chi connectivity index (χ1n) is 9.44. The minimum atomic E-state index is -0.0510. The van der Waals surface area contributed by atoms with Crippen LogP contribution in [-0.4, -0.2) is 42.1 Å². The molecule has 0 fully saturated rings. The summed E-state index contributed by atoms with van der Waals surface area (Å²) >= 11 is 0. The highest BCUT2D eigenvalue weighted by Gasteiger charge is 2.14. The molecule has 2 N–H and O–H groups in total. The predicted molar refractivity (Wildman–Crippen MR) is 112 cm³/mol. The molecule has 0 aliphatic rings. The monoisotopic (exact) mass is 363 g/mol. The van der Waals surface area contributed by atoms with Gasteiger partial charge >= 0.3 is 0 Å². The fraction of sp³-hybridized carbons (Fsp3) is 0.318. The number of aromatic amines is 2. The normalized spacial score (nSPS) is 11.9. The minimum Gasteiger partial charge on any atom is -0.494 e. The van der Waals surface area contributed by atoms with Crippen LogP contribution in [0.3, 0.4) is 0 Å². The van der Waals surface area contributed by atoms with Crippen molar-refractivity contribution in [2.45, 2.75) is 19.8 Å². The van der Waals surface area contributed by atoms with E-state index >= 15 is 0 Å². The van der Waals surface area contributed by atoms with Crippen molar-refractivity contribution in [3.05, 3.63) is 52.4 Å². The Kier molecular flexibility index (Phi) is 4.62. The van der Waals surface area contributed by atoms with E-state index in [-0.39, 0.29) is 5.56 Å². The molecule has 0 amide bonds. The van der Waals surface area contributed by atoms with E-state index in [9.17, 15) is 4.79 Å². The van der Waals surface area contributed by atoms with Crippen molar-refractivity contribution < 1.29 is 4.74 Å². The molecule has 2 aromatic carbocycles. The lowest BCUT2D eigenvalue weighted by atomic mass is 10.0. The van der Waals surface area contributed by atoms with E-state index in [4.69, 9.17) is 4.74 Å². The first-order chi connectivity index (χ1) is 13.1. The second-order valence-electron chi connectivity index (χ2n) is 7.25. The third-order valence-corrected chi connectivity index (χ3v) is 5.08. The Hall–Kier alpha value is -2.79. The summed E-state index contributed by atoms with van der Waals surface area (Å²) in [6, 6.07) is 10.2. The number of hydrogen-bond acceptors (Lipinski definition) is 3. The van der Waals surface area contributed by atoms with Gasteiger partial charge in [-0.25, -0.2) is 0 Å². The van der Waals surface area contributed by atoms with Crippen molar-refractivity contribution in [1.29, 1.82) is 0 Å². The Labute approximate surface area is 157 Å². The van der Waals surface area contributed by atoms with Crippen LogP contribution < -0.4 is 10.3 Å². The molecule has 0 unspecified atom stereocenters. The maximum atomic E-state index is 12.6. The maximum Gasteiger partial charge on any atom is 0.258 e. The number of rotatable bonds is 6. The molecule has 2 aromatic heterocycles. The number of fused-ring (bicyclic) bond motifs is 5. The van der Waals surface area contributed by atoms with Gasteiger partial charge in [0.15, 0.2) is 0 Å². The molecule has 0 aliphatic carbocycles. The van der Waals surface area contributed by atoms with Crippen LogP contribution in [0.4, 0.5) is 0 Å². The van der Waals surface area contributed by atoms with Gasteiger partial charge in [-0.15, -0.1) is 0 Å². The maximum absolute atomic E-state index is 12.6. The van der Waals surface area contributed by atoms with Gasteiger partial charge < -0.3 is 19.6 Å². The van der Waals surface area contributed by atoms with Gasteiger partial charge in [-0.3, -0.25) is 4.79 Å². The molecule has 4 rings (SSSR count). The van der Waals surface area contributed by atoms with Crippen molar-refractivity contribution in [2.24, 2.45) is 0 Å². The third kappa shape index (κ3) is 3.19. The standard InChI is InChI=1S/C22H25N3O2/c1-4-14-13-23-22(26)20-19-17-8-7-16(27-11-5-10-25(2)3)12-15(17)6-9-18(19)24-21(14)20/h6-9,12-13,24H,4-5,10-11H2,1-3H3,(H,23,26). The molecular formula is C22H25N3O2. The number of H-pyrrole nitrogens is 2. The molecule has 0 spiro atoms. The summed E-state index contributed by atoms with van der Waals surface area (Å²) in [5.41, 5.74) is 3.00. The number of aromatic nitrogens is 2. The van der Waals surface area contributed by atoms with Crippen LogP contribution >= 0.6 is 0 Å². The number of nitrogens with zero attached hydrogens (tertiary/aromatic N) is 1. The Morgan fingerprint density at radius 1 is 1.11 bits per heavy atom. The molecule has 27 heavy (non-hydrogen) atoms. The molecule has 5 nitrogen and oxygen atoms in total. The summed E-state index contributed by atoms with van der Waals surface area (Å²) in [5.74, 6) is 0.864. The van der Waals surface area contributed by atoms with E-state index in [2.05, 4.69) is 54.1 Å². The molecule has 4 aromatic rings. The fourth-order valence-electron chi connectivity index (χ4n) is 3.71. The van der Waals surface area contributed by atoms with Gasteiger partial charge in [0.2, 0.25) is 0 Å². The first kappa shape index (κ1) is 17.6. The van der Waals surface area contributed by atoms with Crippen molar-refractivity contribution in [3.63, 3.8) is 0 Å². The summed E-state index contributed by atoms with van der Waals surface area (Å²) in [5, 5.41) is 3.88. The molecule has 0 radical (unpaired) electrons. The van der Waals surface area contributed by atoms with Gasteiger partial charge in [0.05, 0.1) is 17.5 Å². The lowest BCUT2D eigenvalue weighted by Crippen LogP contribution is -2.15. The van der Waals surface area contributed by atoms with Crippen LogP contribution in [-0.2, 0) is 6.42 Å². The van der Waals surface area contributed by atoms with Gasteiger partial charge in [-0.1, -0.05) is 13.0 Å². The zero-order valence-corrected chi connectivity index (χ0v) is 16.1. The van der Waals surface area contributed by atoms with E-state index in [1.807, 2.05) is 18.3 Å². The second-order valence-corrected chi connectivity index (χ2v) is 7.25. The zero-order valence-electron chi connectivity index (χ0n) is 16.1. The van der Waals surface area contributed by atoms with Crippen molar-refractivity contribution in [2.75, 3.05) is 27.2 Å². The largest absolute Gasteiger partial charge is 0.494 e. The second kappa shape index (κ2) is 7.08. The molecule has 0 aliphatic heterocycles. The molecule has 5 heteroatoms. The van der Waals surface area contributed by atoms with Crippen LogP contribution in [0.25, 0.3) is 32.6 Å². The van der Waals surface area contributed by atoms with E-state index in [1.165, 1.54) is 0 Å². The van der Waals surface area contributed by atoms with Gasteiger partial charge in [0, 0.05) is 23.6 Å². The summed E-state index contributed by atoms with van der Waals surface area (Å²) in [6.07, 6.45) is 3.66. The average molecular weight is 363 g/mol. The zero-order chi connectivity index (χ0) is 19.0. The van der Waals surface area contributed by atoms with Gasteiger partial charge in [-0.2, -0.15) is 0 Å². The molecule has 0 saturated heterocycles. The van der Waals surface area contributed by atoms with Crippen molar-refractivity contribution >= 4 is 32.6 Å². The number of pyridine rings is 1. The summed E-state index contributed by atoms with van der Waals surface area (Å²) in [7, 11) is 4.13. The third-order valence-electron chi connectivity index (χ3n) is 5.08. The van der Waals surface area contributed by atoms with E-state index < -0.39 is 0 Å². The lowest BCUT2D eigenvalue weighted by Gasteiger charge is -2.11. The van der Waals surface area contributed by atoms with Crippen LogP contribution in [0.15, 0.2) is 41.3 Å². The van der Waals surface area contributed by atoms with Crippen LogP contribution in [0, 0.1) is 0 Å². The number of nitrogens with one attached hydrogen (secondary N) is 2. The molecule has 0 bridgehead atoms. The Morgan fingerprint density at radius 3 is 2.74 bits per heavy atom. The smallest absolute Gasteiger partial charge is 0.258 e. The molecular weight excluding hydrogens is 338 g/mol. The molecule has 2 heterocycles. The average Bonchev–Trinajstić information content (AvgIpc) is 3.06. The fourth-order valence-corrected chi connectivity index (χ4v) is 3.71. The Balaban J connectivity index is 1.79. The predicted octanol–water partition coefficient (Wildman–Crippen LogP) is 4.06. The molecule has 0 atom stereocenters. The minimum absolute atomic E-state index is 0.0510. The lowest BCUT2D eigenvalue weighted by molar-refractivity contribution is 0.282. The molecule has 140 valence electrons. The van der Waals surface area contributed by atoms with Crippen LogP contribution in [0.2, 0.25) is 0 Å². The topological polar surface area (TPSA) is 61.1 Å². The quantitative estimate of drug-likeness (QED) is 0.508. The Morgan fingerprint density at radius 2 is 1.96 bits per heavy atom.